The Bertz CT molecular complexity index is 2520. The number of nitrogens with two attached hydrogens (primary N) is 1. The number of likely N-dealkylation sites (tertiary alicyclic amines) is 1. The Hall–Kier alpha value is -6.73. The summed E-state index contributed by atoms with van der Waals surface area (Å²) in [7, 11) is -4.84. The molecule has 7 amide bonds. The van der Waals surface area contributed by atoms with Crippen LogP contribution < -0.4 is 32.3 Å². The highest BCUT2D eigenvalue weighted by Crippen LogP contribution is 2.46. The van der Waals surface area contributed by atoms with Crippen LogP contribution in [0.25, 0.3) is 11.1 Å². The fourth-order valence-electron chi connectivity index (χ4n) is 9.05. The van der Waals surface area contributed by atoms with E-state index in [9.17, 15) is 48.1 Å². The van der Waals surface area contributed by atoms with E-state index in [4.69, 9.17) is 33.7 Å². The Morgan fingerprint density at radius 3 is 2.21 bits per heavy atom. The highest BCUT2D eigenvalue weighted by Gasteiger charge is 2.42. The van der Waals surface area contributed by atoms with Crippen LogP contribution >= 0.6 is 7.82 Å². The number of aliphatic hydroxyl groups excluding tert-OH is 1. The van der Waals surface area contributed by atoms with Crippen molar-refractivity contribution < 1.29 is 76.1 Å². The molecule has 6 rings (SSSR count). The maximum atomic E-state index is 14.3. The molecule has 3 aliphatic rings. The molecule has 10 N–H and O–H groups in total. The van der Waals surface area contributed by atoms with Crippen LogP contribution in [0.3, 0.4) is 0 Å². The van der Waals surface area contributed by atoms with Crippen molar-refractivity contribution in [1.82, 2.24) is 41.5 Å². The van der Waals surface area contributed by atoms with Gasteiger partial charge in [-0.15, -0.1) is 0 Å². The first-order chi connectivity index (χ1) is 36.9. The largest absolute Gasteiger partial charge is 0.496 e. The third kappa shape index (κ3) is 17.6. The number of phosphoric ester groups is 1. The second-order valence-electron chi connectivity index (χ2n) is 19.1. The third-order valence-corrected chi connectivity index (χ3v) is 14.0. The van der Waals surface area contributed by atoms with Crippen molar-refractivity contribution in [2.45, 2.75) is 108 Å². The quantitative estimate of drug-likeness (QED) is 0.0677. The molecule has 3 aromatic rings. The van der Waals surface area contributed by atoms with Gasteiger partial charge in [0.25, 0.3) is 0 Å². The number of primary amides is 1. The first-order valence-corrected chi connectivity index (χ1v) is 27.0. The summed E-state index contributed by atoms with van der Waals surface area (Å²) in [6.07, 6.45) is 3.23. The van der Waals surface area contributed by atoms with Crippen molar-refractivity contribution in [3.05, 3.63) is 90.2 Å². The molecule has 2 aromatic carbocycles. The minimum Gasteiger partial charge on any atom is -0.496 e. The predicted molar refractivity (Wildman–Crippen MR) is 275 cm³/mol. The van der Waals surface area contributed by atoms with E-state index < -0.39 is 98.4 Å². The number of carbonyl (C=O) groups is 7. The second-order valence-corrected chi connectivity index (χ2v) is 20.5. The Kier molecular flexibility index (Phi) is 22.5. The minimum absolute atomic E-state index is 0.00720. The van der Waals surface area contributed by atoms with E-state index in [1.54, 1.807) is 6.08 Å². The molecule has 3 heterocycles. The number of aliphatic hydroxyl groups is 1. The number of aromatic amines is 1. The number of nitrogens with zero attached hydrogens (tertiary/aromatic N) is 2. The number of allylic oxidation sites excluding steroid dienone is 1. The smallest absolute Gasteiger partial charge is 0.472 e. The molecule has 0 saturated carbocycles. The van der Waals surface area contributed by atoms with E-state index in [0.717, 1.165) is 22.3 Å². The fraction of sp³-hybridized carbons (Fsp3) is 0.529. The van der Waals surface area contributed by atoms with Crippen molar-refractivity contribution in [2.24, 2.45) is 11.7 Å². The van der Waals surface area contributed by atoms with E-state index in [1.807, 2.05) is 50.2 Å². The summed E-state index contributed by atoms with van der Waals surface area (Å²) in [5.74, 6) is -5.40. The van der Waals surface area contributed by atoms with Crippen LogP contribution in [0, 0.1) is 5.92 Å². The zero-order valence-electron chi connectivity index (χ0n) is 43.3. The van der Waals surface area contributed by atoms with Gasteiger partial charge < -0.3 is 71.1 Å². The maximum Gasteiger partial charge on any atom is 0.472 e. The Labute approximate surface area is 445 Å². The number of H-pyrrole nitrogens is 1. The lowest BCUT2D eigenvalue weighted by Gasteiger charge is -2.28. The zero-order valence-corrected chi connectivity index (χ0v) is 44.2. The minimum atomic E-state index is -4.84. The van der Waals surface area contributed by atoms with Crippen molar-refractivity contribution in [3.63, 3.8) is 0 Å². The van der Waals surface area contributed by atoms with Gasteiger partial charge in [-0.25, -0.2) is 14.3 Å². The topological polar surface area (TPSA) is 350 Å². The van der Waals surface area contributed by atoms with Gasteiger partial charge in [0.1, 0.15) is 42.9 Å². The summed E-state index contributed by atoms with van der Waals surface area (Å²) in [5, 5.41) is 22.9. The normalized spacial score (nSPS) is 25.4. The number of hydrogen-bond donors (Lipinski definition) is 9. The molecule has 25 nitrogen and oxygen atoms in total. The average molecular weight is 1100 g/mol. The monoisotopic (exact) mass is 1100 g/mol. The standard InChI is InChI=1S/C51H70N9O16P/c1-31(2)23-40-47(64)56-41(24-33-26-53-30-55-33)48(65)58-42(28-61)49(66)59-45(46(52)63)32(3)76-77(69,70)75-18-10-4-9-17-73-34-25-43(50(67)57-40)60(27-34)44(62)15-19-71-21-22-72-20-16-54-51(68)74-29-39-37-13-7-5-11-35(37)36-12-6-8-14-38(36)39/h5-9,11-14,17,26,30-32,34,39-43,45,61H,4,10,15-16,18-25,27-29H2,1-3H3,(H2,52,63)(H,53,55)(H,54,68)(H,56,64)(H,57,67)(H,58,65)(H,59,66)(H,69,70)/b17-9-/t32-,34-,40+,41+,42+,43+,45+/m1/s1. The Morgan fingerprint density at radius 2 is 1.55 bits per heavy atom. The molecule has 1 fully saturated rings. The van der Waals surface area contributed by atoms with Crippen molar-refractivity contribution in [2.75, 3.05) is 59.3 Å². The molecule has 0 spiro atoms. The van der Waals surface area contributed by atoms with E-state index in [2.05, 4.69) is 48.7 Å². The first-order valence-electron chi connectivity index (χ1n) is 25.5. The molecule has 2 aliphatic heterocycles. The maximum absolute atomic E-state index is 14.3. The molecule has 26 heteroatoms. The molecule has 1 aliphatic carbocycles. The number of aromatic nitrogens is 2. The zero-order chi connectivity index (χ0) is 55.5. The summed E-state index contributed by atoms with van der Waals surface area (Å²) >= 11 is 0. The Balaban J connectivity index is 1.05. The van der Waals surface area contributed by atoms with Gasteiger partial charge in [-0.2, -0.15) is 0 Å². The number of carbonyl (C=O) groups excluding carboxylic acids is 7. The first kappa shape index (κ1) is 59.5. The molecule has 420 valence electrons. The molecular weight excluding hydrogens is 1030 g/mol. The number of benzene rings is 2. The van der Waals surface area contributed by atoms with Crippen LogP contribution in [-0.2, 0) is 67.7 Å². The molecule has 77 heavy (non-hydrogen) atoms. The number of fused-ring (bicyclic) bond motifs is 5. The number of ether oxygens (including phenoxy) is 4. The number of nitrogens with one attached hydrogen (secondary N) is 6. The molecule has 0 radical (unpaired) electrons. The summed E-state index contributed by atoms with van der Waals surface area (Å²) in [4.78, 5) is 113. The number of amides is 7. The molecule has 1 unspecified atom stereocenters. The number of alkyl carbamates (subject to hydrolysis) is 1. The fourth-order valence-corrected chi connectivity index (χ4v) is 10.0. The van der Waals surface area contributed by atoms with Crippen LogP contribution in [0.15, 0.2) is 73.4 Å². The van der Waals surface area contributed by atoms with Crippen molar-refractivity contribution in [1.29, 1.82) is 0 Å². The molecule has 8 atom stereocenters. The van der Waals surface area contributed by atoms with Gasteiger partial charge in [-0.1, -0.05) is 62.4 Å². The van der Waals surface area contributed by atoms with E-state index in [0.29, 0.717) is 5.69 Å². The number of phosphoric acid groups is 1. The highest BCUT2D eigenvalue weighted by molar-refractivity contribution is 7.47. The van der Waals surface area contributed by atoms with Gasteiger partial charge >= 0.3 is 13.9 Å². The highest BCUT2D eigenvalue weighted by atomic mass is 31.2. The lowest BCUT2D eigenvalue weighted by molar-refractivity contribution is -0.140. The van der Waals surface area contributed by atoms with Gasteiger partial charge in [0, 0.05) is 37.2 Å². The van der Waals surface area contributed by atoms with E-state index >= 15 is 0 Å². The third-order valence-electron chi connectivity index (χ3n) is 12.9. The SMILES string of the molecule is CC(C)C[C@@H]1NC(=O)[C@@H]2C[C@H](CN2C(=O)CCOCCOCCNC(=O)OCC2c3ccccc3-c3ccccc32)O/C=C\CCCOP(=O)(O)O[C@H](C)[C@@H](C(N)=O)NC(=O)[C@H](CO)NC(=O)[C@H](Cc2cnc[nH]2)NC1=O. The van der Waals surface area contributed by atoms with Crippen LogP contribution in [-0.4, -0.2) is 168 Å². The summed E-state index contributed by atoms with van der Waals surface area (Å²) in [6.45, 7) is 4.33. The second kappa shape index (κ2) is 29.1. The van der Waals surface area contributed by atoms with Gasteiger partial charge in [0.15, 0.2) is 0 Å². The molecule has 2 bridgehead atoms. The van der Waals surface area contributed by atoms with Gasteiger partial charge in [-0.05, 0) is 60.4 Å². The Morgan fingerprint density at radius 1 is 0.896 bits per heavy atom. The number of imidazole rings is 1. The van der Waals surface area contributed by atoms with Crippen LogP contribution in [0.2, 0.25) is 0 Å². The van der Waals surface area contributed by atoms with E-state index in [-0.39, 0.29) is 103 Å². The molecular formula is C51H70N9O16P. The van der Waals surface area contributed by atoms with Gasteiger partial charge in [0.05, 0.1) is 71.3 Å². The summed E-state index contributed by atoms with van der Waals surface area (Å²) in [6, 6.07) is 8.87. The van der Waals surface area contributed by atoms with Crippen molar-refractivity contribution in [3.8, 4) is 11.1 Å². The van der Waals surface area contributed by atoms with E-state index in [1.165, 1.54) is 30.6 Å². The predicted octanol–water partition coefficient (Wildman–Crippen LogP) is 1.19. The van der Waals surface area contributed by atoms with Crippen molar-refractivity contribution >= 4 is 49.4 Å². The van der Waals surface area contributed by atoms with Crippen LogP contribution in [0.4, 0.5) is 4.79 Å². The number of hydrogen-bond acceptors (Lipinski definition) is 16. The lowest BCUT2D eigenvalue weighted by atomic mass is 9.98. The summed E-state index contributed by atoms with van der Waals surface area (Å²) in [5.41, 5.74) is 10.4. The van der Waals surface area contributed by atoms with Gasteiger partial charge in [-0.3, -0.25) is 37.8 Å². The van der Waals surface area contributed by atoms with Gasteiger partial charge in [0.2, 0.25) is 35.4 Å². The lowest BCUT2D eigenvalue weighted by Crippen LogP contribution is -2.61. The number of rotatable bonds is 17. The summed E-state index contributed by atoms with van der Waals surface area (Å²) < 4.78 is 45.8. The van der Waals surface area contributed by atoms with Crippen LogP contribution in [0.1, 0.15) is 75.6 Å². The average Bonchev–Trinajstić information content (AvgIpc) is 4.17. The molecule has 1 aromatic heterocycles. The van der Waals surface area contributed by atoms with Crippen LogP contribution in [0.5, 0.6) is 0 Å². The molecule has 1 saturated heterocycles.